The molecule has 1 heterocycles. The fourth-order valence-corrected chi connectivity index (χ4v) is 2.17. The Morgan fingerprint density at radius 2 is 1.94 bits per heavy atom. The standard InChI is InChI=1S/C12H15F2NO/c13-11-3-10(4-12(14)5-11)7-15-2-1-9(6-15)8-16/h3-5,9,16H,1-2,6-8H2. The van der Waals surface area contributed by atoms with Crippen molar-refractivity contribution in [3.8, 4) is 0 Å². The van der Waals surface area contributed by atoms with Crippen molar-refractivity contribution in [2.45, 2.75) is 13.0 Å². The van der Waals surface area contributed by atoms with E-state index in [1.807, 2.05) is 0 Å². The largest absolute Gasteiger partial charge is 0.396 e. The minimum Gasteiger partial charge on any atom is -0.396 e. The van der Waals surface area contributed by atoms with Gasteiger partial charge in [0.15, 0.2) is 0 Å². The Morgan fingerprint density at radius 1 is 1.25 bits per heavy atom. The zero-order valence-corrected chi connectivity index (χ0v) is 9.00. The lowest BCUT2D eigenvalue weighted by Gasteiger charge is -2.15. The van der Waals surface area contributed by atoms with Crippen LogP contribution in [0.2, 0.25) is 0 Å². The van der Waals surface area contributed by atoms with E-state index in [0.717, 1.165) is 25.6 Å². The number of aliphatic hydroxyl groups is 1. The molecule has 0 bridgehead atoms. The van der Waals surface area contributed by atoms with Crippen LogP contribution in [0.25, 0.3) is 0 Å². The summed E-state index contributed by atoms with van der Waals surface area (Å²) >= 11 is 0. The van der Waals surface area contributed by atoms with Gasteiger partial charge in [0.05, 0.1) is 0 Å². The summed E-state index contributed by atoms with van der Waals surface area (Å²) in [7, 11) is 0. The van der Waals surface area contributed by atoms with Crippen molar-refractivity contribution in [2.75, 3.05) is 19.7 Å². The summed E-state index contributed by atoms with van der Waals surface area (Å²) < 4.78 is 25.9. The van der Waals surface area contributed by atoms with E-state index in [9.17, 15) is 8.78 Å². The number of halogens is 2. The second-order valence-electron chi connectivity index (χ2n) is 4.35. The zero-order chi connectivity index (χ0) is 11.5. The summed E-state index contributed by atoms with van der Waals surface area (Å²) in [5, 5.41) is 8.99. The molecular formula is C12H15F2NO. The number of hydrogen-bond acceptors (Lipinski definition) is 2. The van der Waals surface area contributed by atoms with Crippen molar-refractivity contribution in [1.82, 2.24) is 4.90 Å². The molecule has 0 radical (unpaired) electrons. The summed E-state index contributed by atoms with van der Waals surface area (Å²) in [6.07, 6.45) is 0.953. The number of nitrogens with zero attached hydrogens (tertiary/aromatic N) is 1. The summed E-state index contributed by atoms with van der Waals surface area (Å²) in [4.78, 5) is 2.11. The van der Waals surface area contributed by atoms with Crippen LogP contribution in [0.3, 0.4) is 0 Å². The van der Waals surface area contributed by atoms with Gasteiger partial charge in [0.2, 0.25) is 0 Å². The van der Waals surface area contributed by atoms with E-state index < -0.39 is 11.6 Å². The zero-order valence-electron chi connectivity index (χ0n) is 9.00. The fraction of sp³-hybridized carbons (Fsp3) is 0.500. The lowest BCUT2D eigenvalue weighted by Crippen LogP contribution is -2.21. The quantitative estimate of drug-likeness (QED) is 0.850. The molecule has 2 rings (SSSR count). The van der Waals surface area contributed by atoms with Crippen molar-refractivity contribution in [2.24, 2.45) is 5.92 Å². The molecule has 1 aromatic carbocycles. The van der Waals surface area contributed by atoms with Crippen LogP contribution in [0.1, 0.15) is 12.0 Å². The number of likely N-dealkylation sites (tertiary alicyclic amines) is 1. The van der Waals surface area contributed by atoms with Gasteiger partial charge in [-0.1, -0.05) is 0 Å². The molecular weight excluding hydrogens is 212 g/mol. The first-order valence-corrected chi connectivity index (χ1v) is 5.45. The van der Waals surface area contributed by atoms with Crippen LogP contribution >= 0.6 is 0 Å². The molecule has 0 amide bonds. The minimum atomic E-state index is -0.534. The number of rotatable bonds is 3. The first kappa shape index (κ1) is 11.5. The molecule has 2 nitrogen and oxygen atoms in total. The predicted octanol–water partition coefficient (Wildman–Crippen LogP) is 1.78. The summed E-state index contributed by atoms with van der Waals surface area (Å²) in [6, 6.07) is 3.59. The molecule has 1 atom stereocenters. The van der Waals surface area contributed by atoms with E-state index in [-0.39, 0.29) is 6.61 Å². The maximum atomic E-state index is 12.9. The molecule has 16 heavy (non-hydrogen) atoms. The molecule has 0 spiro atoms. The van der Waals surface area contributed by atoms with Crippen LogP contribution in [-0.2, 0) is 6.54 Å². The number of hydrogen-bond donors (Lipinski definition) is 1. The third-order valence-corrected chi connectivity index (χ3v) is 2.96. The van der Waals surface area contributed by atoms with Crippen LogP contribution in [-0.4, -0.2) is 29.7 Å². The Labute approximate surface area is 93.5 Å². The van der Waals surface area contributed by atoms with E-state index in [1.54, 1.807) is 0 Å². The normalized spacial score (nSPS) is 21.6. The van der Waals surface area contributed by atoms with E-state index in [1.165, 1.54) is 12.1 Å². The van der Waals surface area contributed by atoms with Crippen molar-refractivity contribution in [1.29, 1.82) is 0 Å². The van der Waals surface area contributed by atoms with Gasteiger partial charge in [-0.3, -0.25) is 4.90 Å². The molecule has 1 N–H and O–H groups in total. The van der Waals surface area contributed by atoms with Gasteiger partial charge in [-0.25, -0.2) is 8.78 Å². The Hall–Kier alpha value is -1.00. The minimum absolute atomic E-state index is 0.189. The Balaban J connectivity index is 1.99. The smallest absolute Gasteiger partial charge is 0.126 e. The summed E-state index contributed by atoms with van der Waals surface area (Å²) in [5.74, 6) is -0.765. The maximum absolute atomic E-state index is 12.9. The van der Waals surface area contributed by atoms with Crippen molar-refractivity contribution >= 4 is 0 Å². The van der Waals surface area contributed by atoms with Crippen LogP contribution in [0, 0.1) is 17.6 Å². The molecule has 0 saturated carbocycles. The van der Waals surface area contributed by atoms with Gasteiger partial charge in [0.1, 0.15) is 11.6 Å². The van der Waals surface area contributed by atoms with E-state index in [4.69, 9.17) is 5.11 Å². The third kappa shape index (κ3) is 2.77. The lowest BCUT2D eigenvalue weighted by molar-refractivity contribution is 0.220. The second kappa shape index (κ2) is 4.89. The molecule has 4 heteroatoms. The molecule has 1 aliphatic heterocycles. The highest BCUT2D eigenvalue weighted by Crippen LogP contribution is 2.18. The van der Waals surface area contributed by atoms with Gasteiger partial charge in [0.25, 0.3) is 0 Å². The van der Waals surface area contributed by atoms with Crippen LogP contribution < -0.4 is 0 Å². The van der Waals surface area contributed by atoms with Gasteiger partial charge < -0.3 is 5.11 Å². The highest BCUT2D eigenvalue weighted by atomic mass is 19.1. The second-order valence-corrected chi connectivity index (χ2v) is 4.35. The molecule has 88 valence electrons. The Morgan fingerprint density at radius 3 is 2.50 bits per heavy atom. The molecule has 1 fully saturated rings. The van der Waals surface area contributed by atoms with E-state index in [0.29, 0.717) is 18.0 Å². The number of benzene rings is 1. The van der Waals surface area contributed by atoms with Crippen molar-refractivity contribution in [3.05, 3.63) is 35.4 Å². The van der Waals surface area contributed by atoms with Gasteiger partial charge in [0, 0.05) is 25.8 Å². The maximum Gasteiger partial charge on any atom is 0.126 e. The third-order valence-electron chi connectivity index (χ3n) is 2.96. The van der Waals surface area contributed by atoms with Gasteiger partial charge >= 0.3 is 0 Å². The first-order chi connectivity index (χ1) is 7.67. The lowest BCUT2D eigenvalue weighted by atomic mass is 10.1. The van der Waals surface area contributed by atoms with E-state index in [2.05, 4.69) is 4.90 Å². The monoisotopic (exact) mass is 227 g/mol. The molecule has 0 aromatic heterocycles. The predicted molar refractivity (Wildman–Crippen MR) is 56.8 cm³/mol. The van der Waals surface area contributed by atoms with Crippen molar-refractivity contribution < 1.29 is 13.9 Å². The molecule has 0 aliphatic carbocycles. The average molecular weight is 227 g/mol. The van der Waals surface area contributed by atoms with Crippen molar-refractivity contribution in [3.63, 3.8) is 0 Å². The van der Waals surface area contributed by atoms with Crippen LogP contribution in [0.5, 0.6) is 0 Å². The summed E-state index contributed by atoms with van der Waals surface area (Å²) in [5.41, 5.74) is 0.649. The molecule has 1 unspecified atom stereocenters. The molecule has 1 aromatic rings. The van der Waals surface area contributed by atoms with Gasteiger partial charge in [-0.05, 0) is 36.6 Å². The SMILES string of the molecule is OCC1CCN(Cc2cc(F)cc(F)c2)C1. The summed E-state index contributed by atoms with van der Waals surface area (Å²) in [6.45, 7) is 2.41. The van der Waals surface area contributed by atoms with Crippen LogP contribution in [0.4, 0.5) is 8.78 Å². The molecule has 1 saturated heterocycles. The Kier molecular flexibility index (Phi) is 3.51. The van der Waals surface area contributed by atoms with E-state index >= 15 is 0 Å². The topological polar surface area (TPSA) is 23.5 Å². The first-order valence-electron chi connectivity index (χ1n) is 5.45. The number of aliphatic hydroxyl groups excluding tert-OH is 1. The highest BCUT2D eigenvalue weighted by molar-refractivity contribution is 5.17. The fourth-order valence-electron chi connectivity index (χ4n) is 2.17. The van der Waals surface area contributed by atoms with Gasteiger partial charge in [-0.2, -0.15) is 0 Å². The molecule has 1 aliphatic rings. The highest BCUT2D eigenvalue weighted by Gasteiger charge is 2.21. The van der Waals surface area contributed by atoms with Gasteiger partial charge in [-0.15, -0.1) is 0 Å². The van der Waals surface area contributed by atoms with Crippen LogP contribution in [0.15, 0.2) is 18.2 Å². The Bertz CT molecular complexity index is 350. The average Bonchev–Trinajstić information content (AvgIpc) is 2.64.